The van der Waals surface area contributed by atoms with E-state index in [1.807, 2.05) is 29.2 Å². The predicted octanol–water partition coefficient (Wildman–Crippen LogP) is 0.116. The van der Waals surface area contributed by atoms with Crippen molar-refractivity contribution in [2.24, 2.45) is 0 Å². The van der Waals surface area contributed by atoms with Gasteiger partial charge in [0.1, 0.15) is 5.69 Å². The van der Waals surface area contributed by atoms with Crippen molar-refractivity contribution in [2.75, 3.05) is 26.4 Å². The number of nitrogens with one attached hydrogen (secondary N) is 1. The van der Waals surface area contributed by atoms with Gasteiger partial charge in [0.25, 0.3) is 5.56 Å². The number of ether oxygens (including phenoxy) is 1. The van der Waals surface area contributed by atoms with E-state index in [9.17, 15) is 9.90 Å². The molecule has 1 aliphatic rings. The summed E-state index contributed by atoms with van der Waals surface area (Å²) in [6.07, 6.45) is 0. The summed E-state index contributed by atoms with van der Waals surface area (Å²) in [6, 6.07) is 7.39. The lowest BCUT2D eigenvalue weighted by Crippen LogP contribution is -2.47. The molecule has 1 aromatic heterocycles. The molecule has 0 aliphatic carbocycles. The zero-order valence-corrected chi connectivity index (χ0v) is 11.1. The van der Waals surface area contributed by atoms with Crippen molar-refractivity contribution >= 4 is 11.0 Å². The highest BCUT2D eigenvalue weighted by Gasteiger charge is 2.23. The van der Waals surface area contributed by atoms with Crippen LogP contribution >= 0.6 is 0 Å². The minimum Gasteiger partial charge on any atom is -0.395 e. The lowest BCUT2D eigenvalue weighted by atomic mass is 10.2. The van der Waals surface area contributed by atoms with Crippen molar-refractivity contribution in [1.82, 2.24) is 14.9 Å². The van der Waals surface area contributed by atoms with Gasteiger partial charge in [-0.15, -0.1) is 0 Å². The van der Waals surface area contributed by atoms with Gasteiger partial charge < -0.3 is 14.8 Å². The molecule has 2 N–H and O–H groups in total. The van der Waals surface area contributed by atoms with E-state index in [4.69, 9.17) is 4.74 Å². The third-order valence-electron chi connectivity index (χ3n) is 3.58. The van der Waals surface area contributed by atoms with Crippen LogP contribution < -0.4 is 5.56 Å². The van der Waals surface area contributed by atoms with Crippen LogP contribution in [0.5, 0.6) is 0 Å². The highest BCUT2D eigenvalue weighted by Crippen LogP contribution is 2.11. The zero-order chi connectivity index (χ0) is 13.9. The minimum absolute atomic E-state index is 0.0193. The molecule has 1 aromatic carbocycles. The maximum Gasteiger partial charge on any atom is 0.271 e. The average Bonchev–Trinajstić information content (AvgIpc) is 2.48. The molecule has 6 heteroatoms. The fourth-order valence-corrected chi connectivity index (χ4v) is 2.43. The zero-order valence-electron chi connectivity index (χ0n) is 11.1. The topological polar surface area (TPSA) is 78.5 Å². The number of fused-ring (bicyclic) bond motifs is 1. The maximum atomic E-state index is 12.1. The van der Waals surface area contributed by atoms with Crippen molar-refractivity contribution in [3.8, 4) is 0 Å². The molecule has 20 heavy (non-hydrogen) atoms. The molecule has 106 valence electrons. The van der Waals surface area contributed by atoms with Crippen molar-refractivity contribution < 1.29 is 9.84 Å². The SMILES string of the molecule is O=c1[nH]c2ccccc2nc1CN1CCOCC1CO. The molecule has 0 spiro atoms. The number of morpholine rings is 1. The monoisotopic (exact) mass is 275 g/mol. The summed E-state index contributed by atoms with van der Waals surface area (Å²) >= 11 is 0. The van der Waals surface area contributed by atoms with Gasteiger partial charge in [0.15, 0.2) is 0 Å². The van der Waals surface area contributed by atoms with Crippen molar-refractivity contribution in [2.45, 2.75) is 12.6 Å². The quantitative estimate of drug-likeness (QED) is 0.831. The van der Waals surface area contributed by atoms with Crippen LogP contribution in [0.4, 0.5) is 0 Å². The van der Waals surface area contributed by atoms with Crippen LogP contribution in [0.15, 0.2) is 29.1 Å². The second-order valence-corrected chi connectivity index (χ2v) is 4.91. The number of rotatable bonds is 3. The lowest BCUT2D eigenvalue weighted by molar-refractivity contribution is -0.0318. The molecular formula is C14H17N3O3. The smallest absolute Gasteiger partial charge is 0.271 e. The molecular weight excluding hydrogens is 258 g/mol. The van der Waals surface area contributed by atoms with Crippen LogP contribution in [-0.2, 0) is 11.3 Å². The molecule has 0 radical (unpaired) electrons. The van der Waals surface area contributed by atoms with Crippen molar-refractivity contribution in [3.05, 3.63) is 40.3 Å². The largest absolute Gasteiger partial charge is 0.395 e. The number of aliphatic hydroxyl groups excluding tert-OH is 1. The normalized spacial score (nSPS) is 20.4. The highest BCUT2D eigenvalue weighted by atomic mass is 16.5. The van der Waals surface area contributed by atoms with Gasteiger partial charge in [0, 0.05) is 13.1 Å². The number of hydrogen-bond acceptors (Lipinski definition) is 5. The second kappa shape index (κ2) is 5.70. The van der Waals surface area contributed by atoms with Gasteiger partial charge in [-0.3, -0.25) is 9.69 Å². The number of aromatic amines is 1. The standard InChI is InChI=1S/C14H17N3O3/c18-8-10-9-20-6-5-17(10)7-13-14(19)16-12-4-2-1-3-11(12)15-13/h1-4,10,18H,5-9H2,(H,16,19). The Labute approximate surface area is 116 Å². The highest BCUT2D eigenvalue weighted by molar-refractivity contribution is 5.73. The van der Waals surface area contributed by atoms with Crippen LogP contribution in [0.1, 0.15) is 5.69 Å². The third-order valence-corrected chi connectivity index (χ3v) is 3.58. The van der Waals surface area contributed by atoms with Crippen LogP contribution in [0.3, 0.4) is 0 Å². The van der Waals surface area contributed by atoms with Gasteiger partial charge in [-0.1, -0.05) is 12.1 Å². The first-order chi connectivity index (χ1) is 9.78. The number of H-pyrrole nitrogens is 1. The van der Waals surface area contributed by atoms with Crippen LogP contribution in [0.2, 0.25) is 0 Å². The molecule has 0 saturated carbocycles. The van der Waals surface area contributed by atoms with E-state index in [2.05, 4.69) is 9.97 Å². The summed E-state index contributed by atoms with van der Waals surface area (Å²) in [4.78, 5) is 21.4. The summed E-state index contributed by atoms with van der Waals surface area (Å²) in [5, 5.41) is 9.35. The predicted molar refractivity (Wildman–Crippen MR) is 74.5 cm³/mol. The first kappa shape index (κ1) is 13.2. The Morgan fingerprint density at radius 2 is 2.30 bits per heavy atom. The van der Waals surface area contributed by atoms with E-state index in [0.29, 0.717) is 32.0 Å². The Hall–Kier alpha value is -1.76. The summed E-state index contributed by atoms with van der Waals surface area (Å²) < 4.78 is 5.33. The third kappa shape index (κ3) is 2.58. The maximum absolute atomic E-state index is 12.1. The number of aliphatic hydroxyl groups is 1. The molecule has 1 saturated heterocycles. The van der Waals surface area contributed by atoms with Gasteiger partial charge in [-0.2, -0.15) is 0 Å². The number of benzene rings is 1. The number of hydrogen-bond donors (Lipinski definition) is 2. The number of para-hydroxylation sites is 2. The molecule has 3 rings (SSSR count). The van der Waals surface area contributed by atoms with Gasteiger partial charge in [0.2, 0.25) is 0 Å². The van der Waals surface area contributed by atoms with Crippen LogP contribution in [0, 0.1) is 0 Å². The van der Waals surface area contributed by atoms with Gasteiger partial charge in [-0.05, 0) is 12.1 Å². The van der Waals surface area contributed by atoms with E-state index in [0.717, 1.165) is 11.0 Å². The van der Waals surface area contributed by atoms with Gasteiger partial charge >= 0.3 is 0 Å². The Bertz CT molecular complexity index is 655. The van der Waals surface area contributed by atoms with Crippen molar-refractivity contribution in [1.29, 1.82) is 0 Å². The summed E-state index contributed by atoms with van der Waals surface area (Å²) in [7, 11) is 0. The summed E-state index contributed by atoms with van der Waals surface area (Å²) in [5.41, 5.74) is 1.81. The average molecular weight is 275 g/mol. The van der Waals surface area contributed by atoms with E-state index < -0.39 is 0 Å². The lowest BCUT2D eigenvalue weighted by Gasteiger charge is -2.33. The molecule has 1 unspecified atom stereocenters. The van der Waals surface area contributed by atoms with E-state index in [1.165, 1.54) is 0 Å². The number of aromatic nitrogens is 2. The van der Waals surface area contributed by atoms with Gasteiger partial charge in [0.05, 0.1) is 36.9 Å². The Balaban J connectivity index is 1.89. The fourth-order valence-electron chi connectivity index (χ4n) is 2.43. The molecule has 1 atom stereocenters. The Morgan fingerprint density at radius 3 is 3.15 bits per heavy atom. The Kier molecular flexibility index (Phi) is 3.77. The van der Waals surface area contributed by atoms with Crippen LogP contribution in [-0.4, -0.2) is 52.4 Å². The van der Waals surface area contributed by atoms with Gasteiger partial charge in [-0.25, -0.2) is 4.98 Å². The molecule has 1 fully saturated rings. The molecule has 1 aliphatic heterocycles. The summed E-state index contributed by atoms with van der Waals surface area (Å²) in [6.45, 7) is 2.24. The number of nitrogens with zero attached hydrogens (tertiary/aromatic N) is 2. The van der Waals surface area contributed by atoms with E-state index >= 15 is 0 Å². The Morgan fingerprint density at radius 1 is 1.45 bits per heavy atom. The first-order valence-electron chi connectivity index (χ1n) is 6.68. The molecule has 2 heterocycles. The molecule has 0 bridgehead atoms. The first-order valence-corrected chi connectivity index (χ1v) is 6.68. The minimum atomic E-state index is -0.174. The molecule has 6 nitrogen and oxygen atoms in total. The fraction of sp³-hybridized carbons (Fsp3) is 0.429. The second-order valence-electron chi connectivity index (χ2n) is 4.91. The van der Waals surface area contributed by atoms with Crippen molar-refractivity contribution in [3.63, 3.8) is 0 Å². The van der Waals surface area contributed by atoms with Crippen LogP contribution in [0.25, 0.3) is 11.0 Å². The summed E-state index contributed by atoms with van der Waals surface area (Å²) in [5.74, 6) is 0. The van der Waals surface area contributed by atoms with E-state index in [1.54, 1.807) is 0 Å². The van der Waals surface area contributed by atoms with E-state index in [-0.39, 0.29) is 18.2 Å². The molecule has 0 amide bonds. The molecule has 2 aromatic rings.